The monoisotopic (exact) mass is 507 g/mol. The molecule has 3 aromatic rings. The number of alkyl halides is 3. The van der Waals surface area contributed by atoms with Crippen molar-refractivity contribution in [2.75, 3.05) is 26.2 Å². The highest BCUT2D eigenvalue weighted by Crippen LogP contribution is 2.23. The molecule has 1 amide bonds. The van der Waals surface area contributed by atoms with E-state index in [1.807, 2.05) is 33.8 Å². The fraction of sp³-hybridized carbons (Fsp3) is 0.522. The van der Waals surface area contributed by atoms with Crippen LogP contribution in [0.15, 0.2) is 30.5 Å². The molecule has 2 aromatic heterocycles. The van der Waals surface area contributed by atoms with Crippen LogP contribution in [-0.4, -0.2) is 84.3 Å². The quantitative estimate of drug-likeness (QED) is 0.545. The summed E-state index contributed by atoms with van der Waals surface area (Å²) in [4.78, 5) is 26.3. The minimum atomic E-state index is -5.08. The van der Waals surface area contributed by atoms with Crippen LogP contribution in [0.5, 0.6) is 0 Å². The molecule has 2 N–H and O–H groups in total. The standard InChI is InChI=1S/C21H27N7O.C2HF3O2/c29-21(20-18-7-1-2-8-19(18)23-24-20)27-11-5-6-16(12-27)13-28-15-17(22-25-28)14-26-9-3-4-10-26;3-2(4,5)1(6)7/h1-2,7-8,15-16H,3-6,9-14H2,(H,23,24);(H,6,7). The largest absolute Gasteiger partial charge is 0.490 e. The zero-order chi connectivity index (χ0) is 25.7. The number of halogens is 3. The summed E-state index contributed by atoms with van der Waals surface area (Å²) in [5.41, 5.74) is 2.46. The van der Waals surface area contributed by atoms with Crippen LogP contribution >= 0.6 is 0 Å². The highest BCUT2D eigenvalue weighted by Gasteiger charge is 2.38. The van der Waals surface area contributed by atoms with E-state index in [1.165, 1.54) is 12.8 Å². The van der Waals surface area contributed by atoms with E-state index >= 15 is 0 Å². The molecule has 0 radical (unpaired) electrons. The summed E-state index contributed by atoms with van der Waals surface area (Å²) in [7, 11) is 0. The number of carboxylic acids is 1. The number of fused-ring (bicyclic) bond motifs is 1. The molecule has 4 heterocycles. The summed E-state index contributed by atoms with van der Waals surface area (Å²) in [5, 5.41) is 23.9. The normalized spacial score (nSPS) is 18.8. The number of nitrogens with zero attached hydrogens (tertiary/aromatic N) is 6. The molecule has 5 rings (SSSR count). The number of likely N-dealkylation sites (tertiary alicyclic amines) is 2. The number of benzene rings is 1. The van der Waals surface area contributed by atoms with Crippen LogP contribution in [0.4, 0.5) is 13.2 Å². The number of carboxylic acid groups (broad SMARTS) is 1. The molecule has 13 heteroatoms. The average Bonchev–Trinajstić information content (AvgIpc) is 3.60. The summed E-state index contributed by atoms with van der Waals surface area (Å²) < 4.78 is 33.7. The van der Waals surface area contributed by atoms with Crippen LogP contribution in [0.1, 0.15) is 41.9 Å². The molecule has 36 heavy (non-hydrogen) atoms. The Kier molecular flexibility index (Phi) is 7.87. The fourth-order valence-electron chi connectivity index (χ4n) is 4.61. The predicted molar refractivity (Wildman–Crippen MR) is 123 cm³/mol. The Morgan fingerprint density at radius 1 is 1.11 bits per heavy atom. The number of amides is 1. The minimum absolute atomic E-state index is 0.0143. The van der Waals surface area contributed by atoms with Gasteiger partial charge in [0.25, 0.3) is 5.91 Å². The van der Waals surface area contributed by atoms with E-state index in [1.54, 1.807) is 0 Å². The van der Waals surface area contributed by atoms with Gasteiger partial charge in [0.05, 0.1) is 11.2 Å². The number of hydrogen-bond donors (Lipinski definition) is 2. The van der Waals surface area contributed by atoms with Crippen LogP contribution < -0.4 is 0 Å². The Labute approximate surface area is 205 Å². The van der Waals surface area contributed by atoms with E-state index in [9.17, 15) is 18.0 Å². The zero-order valence-corrected chi connectivity index (χ0v) is 19.6. The third kappa shape index (κ3) is 6.39. The van der Waals surface area contributed by atoms with Crippen LogP contribution in [0.25, 0.3) is 10.9 Å². The number of hydrogen-bond acceptors (Lipinski definition) is 6. The second kappa shape index (κ2) is 11.1. The van der Waals surface area contributed by atoms with Gasteiger partial charge >= 0.3 is 12.1 Å². The summed E-state index contributed by atoms with van der Waals surface area (Å²) in [6.07, 6.45) is 1.66. The number of carbonyl (C=O) groups excluding carboxylic acids is 1. The van der Waals surface area contributed by atoms with Crippen molar-refractivity contribution >= 4 is 22.8 Å². The number of nitrogens with one attached hydrogen (secondary N) is 1. The number of rotatable bonds is 5. The van der Waals surface area contributed by atoms with Gasteiger partial charge in [-0.25, -0.2) is 4.79 Å². The molecule has 2 aliphatic rings. The van der Waals surface area contributed by atoms with E-state index in [0.717, 1.165) is 68.7 Å². The maximum Gasteiger partial charge on any atom is 0.490 e. The van der Waals surface area contributed by atoms with Crippen molar-refractivity contribution in [2.45, 2.75) is 44.9 Å². The van der Waals surface area contributed by atoms with Crippen LogP contribution in [0.3, 0.4) is 0 Å². The van der Waals surface area contributed by atoms with Gasteiger partial charge in [-0.1, -0.05) is 23.4 Å². The molecule has 0 spiro atoms. The molecule has 0 aliphatic carbocycles. The van der Waals surface area contributed by atoms with Gasteiger partial charge in [0.15, 0.2) is 5.69 Å². The third-order valence-electron chi connectivity index (χ3n) is 6.34. The van der Waals surface area contributed by atoms with Gasteiger partial charge in [0.1, 0.15) is 0 Å². The molecule has 2 fully saturated rings. The summed E-state index contributed by atoms with van der Waals surface area (Å²) in [5.74, 6) is -2.35. The molecule has 1 unspecified atom stereocenters. The highest BCUT2D eigenvalue weighted by molar-refractivity contribution is 6.04. The predicted octanol–water partition coefficient (Wildman–Crippen LogP) is 2.94. The molecular formula is C23H28F3N7O3. The molecule has 10 nitrogen and oxygen atoms in total. The Balaban J connectivity index is 0.000000384. The first-order chi connectivity index (χ1) is 17.2. The topological polar surface area (TPSA) is 120 Å². The van der Waals surface area contributed by atoms with Gasteiger partial charge in [-0.3, -0.25) is 19.5 Å². The van der Waals surface area contributed by atoms with Crippen molar-refractivity contribution in [3.8, 4) is 0 Å². The Hall–Kier alpha value is -3.48. The molecule has 2 saturated heterocycles. The van der Waals surface area contributed by atoms with Crippen molar-refractivity contribution in [3.05, 3.63) is 41.9 Å². The SMILES string of the molecule is O=C(O)C(F)(F)F.O=C(c1n[nH]c2ccccc12)N1CCCC(Cn2cc(CN3CCCC3)nn2)C1. The molecule has 194 valence electrons. The second-order valence-corrected chi connectivity index (χ2v) is 9.10. The number of para-hydroxylation sites is 1. The first-order valence-electron chi connectivity index (χ1n) is 11.8. The number of H-pyrrole nitrogens is 1. The van der Waals surface area contributed by atoms with E-state index < -0.39 is 12.1 Å². The number of aliphatic carboxylic acids is 1. The van der Waals surface area contributed by atoms with Crippen molar-refractivity contribution < 1.29 is 27.9 Å². The van der Waals surface area contributed by atoms with E-state index in [0.29, 0.717) is 11.6 Å². The fourth-order valence-corrected chi connectivity index (χ4v) is 4.61. The zero-order valence-electron chi connectivity index (χ0n) is 19.6. The number of piperidine rings is 1. The Morgan fingerprint density at radius 2 is 1.83 bits per heavy atom. The summed E-state index contributed by atoms with van der Waals surface area (Å²) in [6, 6.07) is 7.78. The van der Waals surface area contributed by atoms with Crippen molar-refractivity contribution in [1.29, 1.82) is 0 Å². The lowest BCUT2D eigenvalue weighted by molar-refractivity contribution is -0.192. The summed E-state index contributed by atoms with van der Waals surface area (Å²) >= 11 is 0. The van der Waals surface area contributed by atoms with Crippen molar-refractivity contribution in [1.82, 2.24) is 35.0 Å². The van der Waals surface area contributed by atoms with E-state index in [-0.39, 0.29) is 5.91 Å². The number of aromatic nitrogens is 5. The van der Waals surface area contributed by atoms with Gasteiger partial charge in [-0.15, -0.1) is 5.10 Å². The molecule has 2 aliphatic heterocycles. The summed E-state index contributed by atoms with van der Waals surface area (Å²) in [6.45, 7) is 5.54. The van der Waals surface area contributed by atoms with Crippen LogP contribution in [-0.2, 0) is 17.9 Å². The van der Waals surface area contributed by atoms with Crippen LogP contribution in [0, 0.1) is 5.92 Å². The third-order valence-corrected chi connectivity index (χ3v) is 6.34. The number of aromatic amines is 1. The van der Waals surface area contributed by atoms with Crippen LogP contribution in [0.2, 0.25) is 0 Å². The van der Waals surface area contributed by atoms with Crippen molar-refractivity contribution in [2.24, 2.45) is 5.92 Å². The van der Waals surface area contributed by atoms with Gasteiger partial charge in [-0.05, 0) is 50.8 Å². The maximum absolute atomic E-state index is 13.1. The lowest BCUT2D eigenvalue weighted by Gasteiger charge is -2.32. The average molecular weight is 508 g/mol. The van der Waals surface area contributed by atoms with Gasteiger partial charge in [-0.2, -0.15) is 18.3 Å². The lowest BCUT2D eigenvalue weighted by Crippen LogP contribution is -2.41. The second-order valence-electron chi connectivity index (χ2n) is 9.10. The lowest BCUT2D eigenvalue weighted by atomic mass is 9.97. The number of carbonyl (C=O) groups is 2. The first kappa shape index (κ1) is 25.6. The van der Waals surface area contributed by atoms with Crippen molar-refractivity contribution in [3.63, 3.8) is 0 Å². The van der Waals surface area contributed by atoms with Gasteiger partial charge < -0.3 is 10.0 Å². The Morgan fingerprint density at radius 3 is 2.56 bits per heavy atom. The maximum atomic E-state index is 13.1. The van der Waals surface area contributed by atoms with Gasteiger partial charge in [0.2, 0.25) is 0 Å². The smallest absolute Gasteiger partial charge is 0.475 e. The van der Waals surface area contributed by atoms with E-state index in [4.69, 9.17) is 9.90 Å². The molecular weight excluding hydrogens is 479 g/mol. The minimum Gasteiger partial charge on any atom is -0.475 e. The van der Waals surface area contributed by atoms with Gasteiger partial charge in [0, 0.05) is 37.8 Å². The Bertz CT molecular complexity index is 1190. The molecule has 0 bridgehead atoms. The molecule has 1 aromatic carbocycles. The molecule has 0 saturated carbocycles. The first-order valence-corrected chi connectivity index (χ1v) is 11.8. The highest BCUT2D eigenvalue weighted by atomic mass is 19.4. The molecule has 1 atom stereocenters. The van der Waals surface area contributed by atoms with E-state index in [2.05, 4.69) is 31.6 Å².